The van der Waals surface area contributed by atoms with Crippen LogP contribution in [0.5, 0.6) is 0 Å². The third-order valence-electron chi connectivity index (χ3n) is 0.524. The van der Waals surface area contributed by atoms with Gasteiger partial charge in [-0.05, 0) is 15.9 Å². The lowest BCUT2D eigenvalue weighted by molar-refractivity contribution is 1.32. The number of rotatable bonds is 0. The van der Waals surface area contributed by atoms with Crippen molar-refractivity contribution in [1.29, 1.82) is 0 Å². The SMILES string of the molecule is [CH2]c1nc(Br)cs1. The summed E-state index contributed by atoms with van der Waals surface area (Å²) in [6, 6.07) is 0. The lowest BCUT2D eigenvalue weighted by Gasteiger charge is -1.68. The van der Waals surface area contributed by atoms with Gasteiger partial charge in [-0.15, -0.1) is 11.3 Å². The van der Waals surface area contributed by atoms with E-state index in [1.54, 1.807) is 0 Å². The van der Waals surface area contributed by atoms with E-state index >= 15 is 0 Å². The molecule has 1 heterocycles. The molecule has 0 N–H and O–H groups in total. The summed E-state index contributed by atoms with van der Waals surface area (Å²) < 4.78 is 0.877. The molecule has 1 radical (unpaired) electrons. The van der Waals surface area contributed by atoms with E-state index in [1.165, 1.54) is 11.3 Å². The van der Waals surface area contributed by atoms with Crippen LogP contribution >= 0.6 is 27.3 Å². The van der Waals surface area contributed by atoms with Crippen LogP contribution in [0.4, 0.5) is 0 Å². The fourth-order valence-corrected chi connectivity index (χ4v) is 1.34. The van der Waals surface area contributed by atoms with Crippen molar-refractivity contribution in [3.05, 3.63) is 21.9 Å². The Morgan fingerprint density at radius 3 is 2.71 bits per heavy atom. The quantitative estimate of drug-likeness (QED) is 0.591. The third-order valence-corrected chi connectivity index (χ3v) is 1.94. The topological polar surface area (TPSA) is 12.9 Å². The molecule has 0 aliphatic carbocycles. The molecule has 1 rings (SSSR count). The third kappa shape index (κ3) is 1.24. The van der Waals surface area contributed by atoms with E-state index in [-0.39, 0.29) is 0 Å². The zero-order valence-electron chi connectivity index (χ0n) is 3.52. The van der Waals surface area contributed by atoms with Gasteiger partial charge in [-0.1, -0.05) is 0 Å². The van der Waals surface area contributed by atoms with E-state index in [2.05, 4.69) is 27.8 Å². The van der Waals surface area contributed by atoms with Crippen molar-refractivity contribution < 1.29 is 0 Å². The van der Waals surface area contributed by atoms with Crippen molar-refractivity contribution in [3.63, 3.8) is 0 Å². The van der Waals surface area contributed by atoms with Crippen LogP contribution in [0.25, 0.3) is 0 Å². The molecular formula is C4H3BrNS. The predicted molar refractivity (Wildman–Crippen MR) is 34.3 cm³/mol. The summed E-state index contributed by atoms with van der Waals surface area (Å²) in [5.41, 5.74) is 0. The predicted octanol–water partition coefficient (Wildman–Crippen LogP) is 2.09. The Morgan fingerprint density at radius 2 is 2.57 bits per heavy atom. The monoisotopic (exact) mass is 176 g/mol. The van der Waals surface area contributed by atoms with E-state index < -0.39 is 0 Å². The number of thiazole rings is 1. The fraction of sp³-hybridized carbons (Fsp3) is 0. The molecule has 0 aromatic carbocycles. The number of nitrogens with zero attached hydrogens (tertiary/aromatic N) is 1. The maximum Gasteiger partial charge on any atom is 0.117 e. The highest BCUT2D eigenvalue weighted by Crippen LogP contribution is 2.12. The molecule has 0 saturated heterocycles. The van der Waals surface area contributed by atoms with Gasteiger partial charge in [0.1, 0.15) is 4.60 Å². The van der Waals surface area contributed by atoms with Gasteiger partial charge < -0.3 is 0 Å². The molecule has 0 bridgehead atoms. The molecule has 0 unspecified atom stereocenters. The Hall–Kier alpha value is 0.110. The Bertz CT molecular complexity index is 144. The maximum atomic E-state index is 3.94. The van der Waals surface area contributed by atoms with Gasteiger partial charge in [-0.25, -0.2) is 4.98 Å². The van der Waals surface area contributed by atoms with Crippen LogP contribution in [0.1, 0.15) is 5.01 Å². The minimum absolute atomic E-state index is 0.854. The number of hydrogen-bond acceptors (Lipinski definition) is 2. The van der Waals surface area contributed by atoms with Crippen molar-refractivity contribution in [1.82, 2.24) is 4.98 Å². The van der Waals surface area contributed by atoms with Crippen LogP contribution in [0, 0.1) is 6.92 Å². The van der Waals surface area contributed by atoms with Crippen LogP contribution < -0.4 is 0 Å². The standard InChI is InChI=1S/C4H3BrNS/c1-3-6-4(5)2-7-3/h2H,1H2. The summed E-state index contributed by atoms with van der Waals surface area (Å²) in [5.74, 6) is 0. The lowest BCUT2D eigenvalue weighted by Crippen LogP contribution is -1.61. The van der Waals surface area contributed by atoms with E-state index in [4.69, 9.17) is 0 Å². The zero-order valence-corrected chi connectivity index (χ0v) is 5.92. The Morgan fingerprint density at radius 1 is 1.86 bits per heavy atom. The van der Waals surface area contributed by atoms with Crippen LogP contribution in [0.2, 0.25) is 0 Å². The van der Waals surface area contributed by atoms with Crippen LogP contribution in [-0.2, 0) is 0 Å². The molecular weight excluding hydrogens is 174 g/mol. The summed E-state index contributed by atoms with van der Waals surface area (Å²) in [5, 5.41) is 2.76. The molecule has 0 saturated carbocycles. The second-order valence-electron chi connectivity index (χ2n) is 1.06. The summed E-state index contributed by atoms with van der Waals surface area (Å²) in [6.07, 6.45) is 0. The first kappa shape index (κ1) is 5.25. The van der Waals surface area contributed by atoms with Crippen molar-refractivity contribution in [3.8, 4) is 0 Å². The summed E-state index contributed by atoms with van der Waals surface area (Å²) in [4.78, 5) is 3.94. The van der Waals surface area contributed by atoms with Crippen LogP contribution in [0.15, 0.2) is 9.98 Å². The van der Waals surface area contributed by atoms with E-state index in [0.717, 1.165) is 9.61 Å². The van der Waals surface area contributed by atoms with Gasteiger partial charge in [0.05, 0.1) is 5.01 Å². The summed E-state index contributed by atoms with van der Waals surface area (Å²) in [7, 11) is 0. The Kier molecular flexibility index (Phi) is 1.44. The van der Waals surface area contributed by atoms with E-state index in [9.17, 15) is 0 Å². The first-order chi connectivity index (χ1) is 3.29. The molecule has 1 aromatic heterocycles. The molecule has 0 fully saturated rings. The van der Waals surface area contributed by atoms with Gasteiger partial charge in [-0.2, -0.15) is 0 Å². The largest absolute Gasteiger partial charge is 0.234 e. The molecule has 0 aliphatic rings. The molecule has 1 nitrogen and oxygen atoms in total. The summed E-state index contributed by atoms with van der Waals surface area (Å²) in [6.45, 7) is 3.62. The highest BCUT2D eigenvalue weighted by Gasteiger charge is 1.88. The smallest absolute Gasteiger partial charge is 0.117 e. The average Bonchev–Trinajstić information content (AvgIpc) is 1.87. The normalized spacial score (nSPS) is 9.43. The van der Waals surface area contributed by atoms with Gasteiger partial charge in [0.15, 0.2) is 0 Å². The second-order valence-corrected chi connectivity index (χ2v) is 2.82. The molecule has 1 aromatic rings. The fourth-order valence-electron chi connectivity index (χ4n) is 0.288. The van der Waals surface area contributed by atoms with Gasteiger partial charge in [0, 0.05) is 12.3 Å². The molecule has 0 aliphatic heterocycles. The van der Waals surface area contributed by atoms with Crippen molar-refractivity contribution in [2.45, 2.75) is 0 Å². The van der Waals surface area contributed by atoms with Gasteiger partial charge >= 0.3 is 0 Å². The number of aromatic nitrogens is 1. The van der Waals surface area contributed by atoms with Gasteiger partial charge in [-0.3, -0.25) is 0 Å². The molecule has 37 valence electrons. The first-order valence-electron chi connectivity index (χ1n) is 1.72. The second kappa shape index (κ2) is 1.92. The minimum Gasteiger partial charge on any atom is -0.234 e. The highest BCUT2D eigenvalue weighted by molar-refractivity contribution is 9.10. The molecule has 3 heteroatoms. The maximum absolute atomic E-state index is 3.94. The Balaban J connectivity index is 3.04. The zero-order chi connectivity index (χ0) is 5.28. The molecule has 0 amide bonds. The molecule has 0 spiro atoms. The lowest BCUT2D eigenvalue weighted by atomic mass is 10.8. The van der Waals surface area contributed by atoms with Crippen LogP contribution in [-0.4, -0.2) is 4.98 Å². The molecule has 0 atom stereocenters. The number of halogens is 1. The van der Waals surface area contributed by atoms with E-state index in [0.29, 0.717) is 0 Å². The Labute approximate surface area is 54.5 Å². The minimum atomic E-state index is 0.854. The van der Waals surface area contributed by atoms with Gasteiger partial charge in [0.25, 0.3) is 0 Å². The van der Waals surface area contributed by atoms with E-state index in [1.807, 2.05) is 5.38 Å². The van der Waals surface area contributed by atoms with Crippen molar-refractivity contribution in [2.24, 2.45) is 0 Å². The highest BCUT2D eigenvalue weighted by atomic mass is 79.9. The average molecular weight is 177 g/mol. The molecule has 7 heavy (non-hydrogen) atoms. The number of hydrogen-bond donors (Lipinski definition) is 0. The van der Waals surface area contributed by atoms with Crippen LogP contribution in [0.3, 0.4) is 0 Å². The van der Waals surface area contributed by atoms with Gasteiger partial charge in [0.2, 0.25) is 0 Å². The van der Waals surface area contributed by atoms with Crippen molar-refractivity contribution in [2.75, 3.05) is 0 Å². The summed E-state index contributed by atoms with van der Waals surface area (Å²) >= 11 is 4.73. The first-order valence-corrected chi connectivity index (χ1v) is 3.39. The van der Waals surface area contributed by atoms with Crippen molar-refractivity contribution >= 4 is 27.3 Å².